The van der Waals surface area contributed by atoms with Gasteiger partial charge in [0.25, 0.3) is 15.7 Å². The second kappa shape index (κ2) is 7.40. The van der Waals surface area contributed by atoms with E-state index in [-0.39, 0.29) is 21.8 Å². The number of anilines is 1. The molecule has 0 aromatic heterocycles. The van der Waals surface area contributed by atoms with Crippen LogP contribution in [0.5, 0.6) is 5.75 Å². The number of carboxylic acids is 1. The van der Waals surface area contributed by atoms with E-state index in [1.807, 2.05) is 0 Å². The Hall–Kier alpha value is -3.14. The fourth-order valence-corrected chi connectivity index (χ4v) is 3.85. The number of benzene rings is 2. The van der Waals surface area contributed by atoms with Crippen molar-refractivity contribution < 1.29 is 28.0 Å². The van der Waals surface area contributed by atoms with Gasteiger partial charge in [0.15, 0.2) is 0 Å². The third-order valence-electron chi connectivity index (χ3n) is 3.67. The molecule has 138 valence electrons. The van der Waals surface area contributed by atoms with Crippen LogP contribution >= 0.6 is 0 Å². The summed E-state index contributed by atoms with van der Waals surface area (Å²) in [7, 11) is -2.84. The fraction of sp³-hybridized carbons (Fsp3) is 0.188. The van der Waals surface area contributed by atoms with Crippen LogP contribution in [0.15, 0.2) is 47.4 Å². The van der Waals surface area contributed by atoms with Crippen LogP contribution in [-0.2, 0) is 14.8 Å². The van der Waals surface area contributed by atoms with Gasteiger partial charge in [0.05, 0.1) is 28.2 Å². The van der Waals surface area contributed by atoms with Crippen molar-refractivity contribution in [2.45, 2.75) is 11.8 Å². The Labute approximate surface area is 149 Å². The van der Waals surface area contributed by atoms with Gasteiger partial charge in [-0.05, 0) is 37.3 Å². The van der Waals surface area contributed by atoms with E-state index in [1.54, 1.807) is 0 Å². The molecule has 0 aliphatic heterocycles. The molecule has 0 bridgehead atoms. The number of carbonyl (C=O) groups is 1. The number of methoxy groups -OCH3 is 1. The molecule has 0 saturated heterocycles. The quantitative estimate of drug-likeness (QED) is 0.576. The molecule has 2 rings (SSSR count). The van der Waals surface area contributed by atoms with Crippen LogP contribution in [0, 0.1) is 17.0 Å². The van der Waals surface area contributed by atoms with Crippen LogP contribution in [0.2, 0.25) is 0 Å². The van der Waals surface area contributed by atoms with Crippen molar-refractivity contribution in [2.75, 3.05) is 18.0 Å². The number of sulfonamides is 1. The average molecular weight is 380 g/mol. The van der Waals surface area contributed by atoms with Gasteiger partial charge < -0.3 is 9.84 Å². The number of ether oxygens (including phenoxy) is 1. The molecule has 0 unspecified atom stereocenters. The first-order valence-corrected chi connectivity index (χ1v) is 8.75. The molecule has 2 aromatic carbocycles. The highest BCUT2D eigenvalue weighted by Gasteiger charge is 2.30. The number of aliphatic carboxylic acids is 1. The van der Waals surface area contributed by atoms with E-state index in [4.69, 9.17) is 9.84 Å². The first kappa shape index (κ1) is 19.2. The average Bonchev–Trinajstić information content (AvgIpc) is 2.59. The molecule has 0 radical (unpaired) electrons. The van der Waals surface area contributed by atoms with E-state index >= 15 is 0 Å². The van der Waals surface area contributed by atoms with Crippen molar-refractivity contribution in [3.8, 4) is 5.75 Å². The van der Waals surface area contributed by atoms with Crippen LogP contribution in [0.1, 0.15) is 5.56 Å². The lowest BCUT2D eigenvalue weighted by Gasteiger charge is -2.24. The summed E-state index contributed by atoms with van der Waals surface area (Å²) in [6.45, 7) is 0.488. The van der Waals surface area contributed by atoms with E-state index < -0.39 is 27.5 Å². The maximum atomic E-state index is 13.0. The zero-order valence-corrected chi connectivity index (χ0v) is 14.8. The van der Waals surface area contributed by atoms with Crippen LogP contribution in [0.3, 0.4) is 0 Å². The van der Waals surface area contributed by atoms with E-state index in [9.17, 15) is 23.3 Å². The van der Waals surface area contributed by atoms with Gasteiger partial charge in [-0.15, -0.1) is 0 Å². The van der Waals surface area contributed by atoms with Gasteiger partial charge >= 0.3 is 5.97 Å². The fourth-order valence-electron chi connectivity index (χ4n) is 2.38. The minimum atomic E-state index is -4.26. The van der Waals surface area contributed by atoms with E-state index in [2.05, 4.69) is 0 Å². The molecule has 10 heteroatoms. The number of nitro groups is 1. The monoisotopic (exact) mass is 380 g/mol. The molecule has 0 aliphatic rings. The molecular weight excluding hydrogens is 364 g/mol. The molecule has 0 atom stereocenters. The topological polar surface area (TPSA) is 127 Å². The zero-order chi connectivity index (χ0) is 19.5. The first-order chi connectivity index (χ1) is 12.2. The largest absolute Gasteiger partial charge is 0.497 e. The second-order valence-electron chi connectivity index (χ2n) is 5.26. The number of nitro benzene ring substituents is 1. The van der Waals surface area contributed by atoms with Crippen LogP contribution in [0.4, 0.5) is 11.4 Å². The van der Waals surface area contributed by atoms with Gasteiger partial charge in [-0.3, -0.25) is 19.2 Å². The normalized spacial score (nSPS) is 11.0. The molecule has 0 heterocycles. The summed E-state index contributed by atoms with van der Waals surface area (Å²) >= 11 is 0. The third kappa shape index (κ3) is 3.75. The van der Waals surface area contributed by atoms with E-state index in [0.29, 0.717) is 10.1 Å². The van der Waals surface area contributed by atoms with Crippen LogP contribution < -0.4 is 9.04 Å². The highest BCUT2D eigenvalue weighted by atomic mass is 32.2. The lowest BCUT2D eigenvalue weighted by molar-refractivity contribution is -0.385. The van der Waals surface area contributed by atoms with Gasteiger partial charge in [-0.25, -0.2) is 8.42 Å². The molecule has 0 spiro atoms. The SMILES string of the molecule is COc1ccc(S(=O)(=O)N(CC(=O)O)c2cccc([N+](=O)[O-])c2C)cc1. The molecule has 9 nitrogen and oxygen atoms in total. The van der Waals surface area contributed by atoms with Gasteiger partial charge in [0.1, 0.15) is 12.3 Å². The van der Waals surface area contributed by atoms with Crippen LogP contribution in [-0.4, -0.2) is 38.1 Å². The molecule has 0 fully saturated rings. The Morgan fingerprint density at radius 1 is 1.23 bits per heavy atom. The third-order valence-corrected chi connectivity index (χ3v) is 5.44. The van der Waals surface area contributed by atoms with Crippen molar-refractivity contribution in [3.05, 3.63) is 58.1 Å². The summed E-state index contributed by atoms with van der Waals surface area (Å²) in [5.41, 5.74) is -0.323. The molecule has 1 N–H and O–H groups in total. The number of rotatable bonds is 7. The maximum absolute atomic E-state index is 13.0. The minimum absolute atomic E-state index is 0.0517. The Bertz CT molecular complexity index is 940. The van der Waals surface area contributed by atoms with Crippen LogP contribution in [0.25, 0.3) is 0 Å². The number of carboxylic acid groups (broad SMARTS) is 1. The lowest BCUT2D eigenvalue weighted by atomic mass is 10.1. The summed E-state index contributed by atoms with van der Waals surface area (Å²) < 4.78 is 31.5. The summed E-state index contributed by atoms with van der Waals surface area (Å²) in [5, 5.41) is 20.3. The lowest BCUT2D eigenvalue weighted by Crippen LogP contribution is -2.36. The van der Waals surface area contributed by atoms with Crippen molar-refractivity contribution in [3.63, 3.8) is 0 Å². The Morgan fingerprint density at radius 3 is 2.35 bits per heavy atom. The Balaban J connectivity index is 2.62. The first-order valence-electron chi connectivity index (χ1n) is 7.31. The molecule has 2 aromatic rings. The van der Waals surface area contributed by atoms with Crippen molar-refractivity contribution in [1.82, 2.24) is 0 Å². The number of nitrogens with zero attached hydrogens (tertiary/aromatic N) is 2. The minimum Gasteiger partial charge on any atom is -0.497 e. The highest BCUT2D eigenvalue weighted by Crippen LogP contribution is 2.32. The summed E-state index contributed by atoms with van der Waals surface area (Å²) in [5.74, 6) is -0.965. The highest BCUT2D eigenvalue weighted by molar-refractivity contribution is 7.92. The Morgan fingerprint density at radius 2 is 1.85 bits per heavy atom. The summed E-state index contributed by atoms with van der Waals surface area (Å²) in [6.07, 6.45) is 0. The standard InChI is InChI=1S/C16H16N2O7S/c1-11-14(4-3-5-15(11)18(21)22)17(10-16(19)20)26(23,24)13-8-6-12(25-2)7-9-13/h3-9H,10H2,1-2H3,(H,19,20). The van der Waals surface area contributed by atoms with Gasteiger partial charge in [-0.2, -0.15) is 0 Å². The molecule has 0 amide bonds. The summed E-state index contributed by atoms with van der Waals surface area (Å²) in [6, 6.07) is 9.24. The molecule has 0 aliphatic carbocycles. The maximum Gasteiger partial charge on any atom is 0.324 e. The zero-order valence-electron chi connectivity index (χ0n) is 13.9. The molecule has 0 saturated carbocycles. The Kier molecular flexibility index (Phi) is 5.46. The smallest absolute Gasteiger partial charge is 0.324 e. The van der Waals surface area contributed by atoms with Gasteiger partial charge in [-0.1, -0.05) is 6.07 Å². The van der Waals surface area contributed by atoms with Crippen molar-refractivity contribution in [1.29, 1.82) is 0 Å². The second-order valence-corrected chi connectivity index (χ2v) is 7.12. The predicted molar refractivity (Wildman–Crippen MR) is 93.0 cm³/mol. The van der Waals surface area contributed by atoms with Gasteiger partial charge in [0.2, 0.25) is 0 Å². The van der Waals surface area contributed by atoms with Crippen molar-refractivity contribution >= 4 is 27.4 Å². The van der Waals surface area contributed by atoms with Gasteiger partial charge in [0, 0.05) is 6.07 Å². The predicted octanol–water partition coefficient (Wildman–Crippen LogP) is 2.19. The number of hydrogen-bond acceptors (Lipinski definition) is 6. The molecule has 26 heavy (non-hydrogen) atoms. The van der Waals surface area contributed by atoms with E-state index in [0.717, 1.165) is 0 Å². The summed E-state index contributed by atoms with van der Waals surface area (Å²) in [4.78, 5) is 21.5. The molecular formula is C16H16N2O7S. The van der Waals surface area contributed by atoms with E-state index in [1.165, 1.54) is 56.5 Å². The van der Waals surface area contributed by atoms with Crippen molar-refractivity contribution in [2.24, 2.45) is 0 Å². The number of hydrogen-bond donors (Lipinski definition) is 1.